The molecule has 1 aliphatic rings. The number of carbonyl (C=O) groups excluding carboxylic acids is 1. The molecule has 1 aliphatic heterocycles. The van der Waals surface area contributed by atoms with E-state index < -0.39 is 5.54 Å². The number of carbonyl (C=O) groups is 1. The van der Waals surface area contributed by atoms with E-state index in [9.17, 15) is 9.90 Å². The molecule has 1 aromatic rings. The van der Waals surface area contributed by atoms with Crippen molar-refractivity contribution in [3.05, 3.63) is 34.9 Å². The fourth-order valence-electron chi connectivity index (χ4n) is 2.12. The van der Waals surface area contributed by atoms with Gasteiger partial charge in [-0.1, -0.05) is 18.2 Å². The SMILES string of the molecule is Cc1cccc2c1C(=O)N(C(C)(C)CO)C2. The molecule has 1 N–H and O–H groups in total. The second-order valence-electron chi connectivity index (χ2n) is 4.97. The van der Waals surface area contributed by atoms with Crippen LogP contribution in [0.5, 0.6) is 0 Å². The molecule has 0 saturated heterocycles. The van der Waals surface area contributed by atoms with Gasteiger partial charge in [0.25, 0.3) is 5.91 Å². The lowest BCUT2D eigenvalue weighted by Crippen LogP contribution is -2.46. The van der Waals surface area contributed by atoms with E-state index in [2.05, 4.69) is 0 Å². The van der Waals surface area contributed by atoms with Crippen molar-refractivity contribution in [2.45, 2.75) is 32.9 Å². The zero-order valence-corrected chi connectivity index (χ0v) is 9.95. The maximum atomic E-state index is 12.2. The van der Waals surface area contributed by atoms with Gasteiger partial charge in [0.15, 0.2) is 0 Å². The Morgan fingerprint density at radius 3 is 2.69 bits per heavy atom. The number of amides is 1. The van der Waals surface area contributed by atoms with E-state index in [1.807, 2.05) is 39.0 Å². The van der Waals surface area contributed by atoms with E-state index in [4.69, 9.17) is 0 Å². The van der Waals surface area contributed by atoms with Crippen molar-refractivity contribution in [1.29, 1.82) is 0 Å². The minimum atomic E-state index is -0.497. The van der Waals surface area contributed by atoms with Crippen molar-refractivity contribution in [3.63, 3.8) is 0 Å². The monoisotopic (exact) mass is 219 g/mol. The van der Waals surface area contributed by atoms with Gasteiger partial charge in [-0.25, -0.2) is 0 Å². The van der Waals surface area contributed by atoms with Crippen LogP contribution in [-0.4, -0.2) is 28.1 Å². The molecule has 0 aliphatic carbocycles. The van der Waals surface area contributed by atoms with Gasteiger partial charge in [-0.3, -0.25) is 4.79 Å². The first kappa shape index (κ1) is 11.1. The number of hydrogen-bond donors (Lipinski definition) is 1. The molecule has 1 aromatic carbocycles. The lowest BCUT2D eigenvalue weighted by Gasteiger charge is -2.33. The summed E-state index contributed by atoms with van der Waals surface area (Å²) in [6.07, 6.45) is 0. The normalized spacial score (nSPS) is 15.5. The van der Waals surface area contributed by atoms with Crippen LogP contribution in [0.2, 0.25) is 0 Å². The second-order valence-corrected chi connectivity index (χ2v) is 4.97. The third-order valence-electron chi connectivity index (χ3n) is 3.26. The number of nitrogens with zero attached hydrogens (tertiary/aromatic N) is 1. The molecule has 0 aromatic heterocycles. The number of rotatable bonds is 2. The third-order valence-corrected chi connectivity index (χ3v) is 3.26. The van der Waals surface area contributed by atoms with Gasteiger partial charge in [0.1, 0.15) is 0 Å². The van der Waals surface area contributed by atoms with Crippen molar-refractivity contribution in [3.8, 4) is 0 Å². The lowest BCUT2D eigenvalue weighted by molar-refractivity contribution is 0.0394. The quantitative estimate of drug-likeness (QED) is 0.822. The molecule has 1 heterocycles. The van der Waals surface area contributed by atoms with Crippen LogP contribution in [0.25, 0.3) is 0 Å². The molecule has 0 bridgehead atoms. The summed E-state index contributed by atoms with van der Waals surface area (Å²) >= 11 is 0. The predicted molar refractivity (Wildman–Crippen MR) is 62.2 cm³/mol. The third kappa shape index (κ3) is 1.52. The summed E-state index contributed by atoms with van der Waals surface area (Å²) in [6, 6.07) is 5.90. The van der Waals surface area contributed by atoms with Crippen LogP contribution in [0.4, 0.5) is 0 Å². The molecule has 86 valence electrons. The van der Waals surface area contributed by atoms with E-state index in [1.54, 1.807) is 4.90 Å². The molecule has 16 heavy (non-hydrogen) atoms. The Kier molecular flexibility index (Phi) is 2.50. The minimum Gasteiger partial charge on any atom is -0.394 e. The maximum absolute atomic E-state index is 12.2. The first-order valence-corrected chi connectivity index (χ1v) is 5.48. The van der Waals surface area contributed by atoms with Crippen LogP contribution in [0.1, 0.15) is 35.3 Å². The highest BCUT2D eigenvalue weighted by atomic mass is 16.3. The first-order chi connectivity index (χ1) is 7.47. The number of benzene rings is 1. The number of fused-ring (bicyclic) bond motifs is 1. The molecule has 0 radical (unpaired) electrons. The standard InChI is InChI=1S/C13H17NO2/c1-9-5-4-6-10-7-14(12(16)11(9)10)13(2,3)8-15/h4-6,15H,7-8H2,1-3H3. The molecule has 0 saturated carbocycles. The molecule has 3 nitrogen and oxygen atoms in total. The number of aliphatic hydroxyl groups is 1. The number of hydrogen-bond acceptors (Lipinski definition) is 2. The average molecular weight is 219 g/mol. The van der Waals surface area contributed by atoms with Crippen LogP contribution in [0.15, 0.2) is 18.2 Å². The summed E-state index contributed by atoms with van der Waals surface area (Å²) in [5.74, 6) is 0.0344. The Bertz CT molecular complexity index is 438. The summed E-state index contributed by atoms with van der Waals surface area (Å²) in [5, 5.41) is 9.33. The average Bonchev–Trinajstić information content (AvgIpc) is 2.58. The fourth-order valence-corrected chi connectivity index (χ4v) is 2.12. The Morgan fingerprint density at radius 1 is 1.44 bits per heavy atom. The van der Waals surface area contributed by atoms with Crippen molar-refractivity contribution < 1.29 is 9.90 Å². The molecule has 0 unspecified atom stereocenters. The van der Waals surface area contributed by atoms with Crippen molar-refractivity contribution in [2.24, 2.45) is 0 Å². The fraction of sp³-hybridized carbons (Fsp3) is 0.462. The topological polar surface area (TPSA) is 40.5 Å². The Hall–Kier alpha value is -1.35. The van der Waals surface area contributed by atoms with Crippen LogP contribution >= 0.6 is 0 Å². The molecule has 0 spiro atoms. The highest BCUT2D eigenvalue weighted by molar-refractivity contribution is 6.00. The molecule has 1 amide bonds. The van der Waals surface area contributed by atoms with E-state index in [0.717, 1.165) is 16.7 Å². The van der Waals surface area contributed by atoms with Gasteiger partial charge in [-0.15, -0.1) is 0 Å². The van der Waals surface area contributed by atoms with E-state index in [0.29, 0.717) is 6.54 Å². The van der Waals surface area contributed by atoms with Gasteiger partial charge in [0, 0.05) is 12.1 Å². The molecule has 2 rings (SSSR count). The van der Waals surface area contributed by atoms with Gasteiger partial charge in [-0.2, -0.15) is 0 Å². The zero-order chi connectivity index (χ0) is 11.9. The molecular formula is C13H17NO2. The van der Waals surface area contributed by atoms with Crippen LogP contribution in [0, 0.1) is 6.92 Å². The number of aliphatic hydroxyl groups excluding tert-OH is 1. The smallest absolute Gasteiger partial charge is 0.255 e. The van der Waals surface area contributed by atoms with Crippen LogP contribution in [0.3, 0.4) is 0 Å². The summed E-state index contributed by atoms with van der Waals surface area (Å²) in [5.41, 5.74) is 2.39. The summed E-state index contributed by atoms with van der Waals surface area (Å²) in [4.78, 5) is 14.0. The highest BCUT2D eigenvalue weighted by Gasteiger charge is 2.37. The highest BCUT2D eigenvalue weighted by Crippen LogP contribution is 2.30. The molecular weight excluding hydrogens is 202 g/mol. The van der Waals surface area contributed by atoms with Crippen molar-refractivity contribution in [2.75, 3.05) is 6.61 Å². The van der Waals surface area contributed by atoms with Gasteiger partial charge in [0.05, 0.1) is 12.1 Å². The van der Waals surface area contributed by atoms with E-state index in [-0.39, 0.29) is 12.5 Å². The van der Waals surface area contributed by atoms with Gasteiger partial charge < -0.3 is 10.0 Å². The minimum absolute atomic E-state index is 0.0220. The zero-order valence-electron chi connectivity index (χ0n) is 9.95. The van der Waals surface area contributed by atoms with E-state index in [1.165, 1.54) is 0 Å². The molecule has 3 heteroatoms. The predicted octanol–water partition coefficient (Wildman–Crippen LogP) is 1.72. The van der Waals surface area contributed by atoms with Gasteiger partial charge in [0.2, 0.25) is 0 Å². The first-order valence-electron chi connectivity index (χ1n) is 5.48. The largest absolute Gasteiger partial charge is 0.394 e. The van der Waals surface area contributed by atoms with Gasteiger partial charge in [-0.05, 0) is 31.9 Å². The summed E-state index contributed by atoms with van der Waals surface area (Å²) in [6.45, 7) is 6.29. The van der Waals surface area contributed by atoms with E-state index >= 15 is 0 Å². The summed E-state index contributed by atoms with van der Waals surface area (Å²) in [7, 11) is 0. The number of aryl methyl sites for hydroxylation is 1. The lowest BCUT2D eigenvalue weighted by atomic mass is 10.0. The maximum Gasteiger partial charge on any atom is 0.255 e. The van der Waals surface area contributed by atoms with Crippen LogP contribution in [-0.2, 0) is 6.54 Å². The van der Waals surface area contributed by atoms with Gasteiger partial charge >= 0.3 is 0 Å². The summed E-state index contributed by atoms with van der Waals surface area (Å²) < 4.78 is 0. The van der Waals surface area contributed by atoms with Crippen molar-refractivity contribution in [1.82, 2.24) is 4.90 Å². The molecule has 0 atom stereocenters. The second kappa shape index (κ2) is 3.59. The Morgan fingerprint density at radius 2 is 2.12 bits per heavy atom. The van der Waals surface area contributed by atoms with Crippen molar-refractivity contribution >= 4 is 5.91 Å². The van der Waals surface area contributed by atoms with Crippen LogP contribution < -0.4 is 0 Å². The Labute approximate surface area is 95.7 Å². The Balaban J connectivity index is 2.42. The molecule has 0 fully saturated rings.